The van der Waals surface area contributed by atoms with E-state index >= 15 is 0 Å². The summed E-state index contributed by atoms with van der Waals surface area (Å²) in [6.07, 6.45) is 0. The number of anilines is 1. The molecule has 0 heterocycles. The zero-order valence-corrected chi connectivity index (χ0v) is 11.3. The maximum atomic E-state index is 5.67. The lowest BCUT2D eigenvalue weighted by Gasteiger charge is -2.09. The molecule has 0 aliphatic rings. The molecule has 0 unspecified atom stereocenters. The number of fused-ring (bicyclic) bond motifs is 1. The first-order valence-corrected chi connectivity index (χ1v) is 6.86. The van der Waals surface area contributed by atoms with Gasteiger partial charge in [-0.2, -0.15) is 0 Å². The Morgan fingerprint density at radius 2 is 1.55 bits per heavy atom. The van der Waals surface area contributed by atoms with Gasteiger partial charge in [0.05, 0.1) is 0 Å². The van der Waals surface area contributed by atoms with Crippen LogP contribution >= 0.6 is 0 Å². The van der Waals surface area contributed by atoms with Crippen LogP contribution in [0.4, 0.5) is 5.69 Å². The van der Waals surface area contributed by atoms with E-state index in [0.717, 1.165) is 12.2 Å². The largest absolute Gasteiger partial charge is 0.381 e. The minimum absolute atomic E-state index is 0.587. The van der Waals surface area contributed by atoms with Crippen LogP contribution in [0.15, 0.2) is 66.7 Å². The van der Waals surface area contributed by atoms with Crippen LogP contribution in [-0.2, 0) is 13.1 Å². The quantitative estimate of drug-likeness (QED) is 0.748. The Balaban J connectivity index is 1.76. The molecule has 2 nitrogen and oxygen atoms in total. The third kappa shape index (κ3) is 2.81. The van der Waals surface area contributed by atoms with E-state index in [1.807, 2.05) is 0 Å². The minimum atomic E-state index is 0.587. The Morgan fingerprint density at radius 1 is 0.750 bits per heavy atom. The molecule has 0 amide bonds. The Bertz CT molecular complexity index is 719. The van der Waals surface area contributed by atoms with Gasteiger partial charge in [0.25, 0.3) is 0 Å². The second kappa shape index (κ2) is 5.76. The van der Waals surface area contributed by atoms with E-state index < -0.39 is 0 Å². The van der Waals surface area contributed by atoms with Gasteiger partial charge in [0.15, 0.2) is 0 Å². The van der Waals surface area contributed by atoms with Crippen molar-refractivity contribution in [1.82, 2.24) is 0 Å². The molecule has 2 heteroatoms. The van der Waals surface area contributed by atoms with Gasteiger partial charge in [-0.15, -0.1) is 0 Å². The summed E-state index contributed by atoms with van der Waals surface area (Å²) < 4.78 is 0. The van der Waals surface area contributed by atoms with Crippen LogP contribution in [0.5, 0.6) is 0 Å². The molecule has 0 saturated carbocycles. The van der Waals surface area contributed by atoms with Crippen molar-refractivity contribution in [2.75, 3.05) is 5.32 Å². The maximum Gasteiger partial charge on any atom is 0.0400 e. The van der Waals surface area contributed by atoms with E-state index in [1.165, 1.54) is 21.9 Å². The van der Waals surface area contributed by atoms with Crippen molar-refractivity contribution in [3.63, 3.8) is 0 Å². The van der Waals surface area contributed by atoms with E-state index in [1.54, 1.807) is 0 Å². The van der Waals surface area contributed by atoms with Crippen LogP contribution in [-0.4, -0.2) is 0 Å². The van der Waals surface area contributed by atoms with Crippen LogP contribution in [0.1, 0.15) is 11.1 Å². The first kappa shape index (κ1) is 12.7. The Hall–Kier alpha value is -2.32. The van der Waals surface area contributed by atoms with Crippen molar-refractivity contribution in [2.24, 2.45) is 5.73 Å². The van der Waals surface area contributed by atoms with Gasteiger partial charge < -0.3 is 11.1 Å². The van der Waals surface area contributed by atoms with Crippen molar-refractivity contribution in [3.05, 3.63) is 77.9 Å². The van der Waals surface area contributed by atoms with E-state index in [0.29, 0.717) is 6.54 Å². The van der Waals surface area contributed by atoms with Crippen LogP contribution in [0, 0.1) is 0 Å². The second-order valence-electron chi connectivity index (χ2n) is 4.94. The lowest BCUT2D eigenvalue weighted by Crippen LogP contribution is -2.01. The van der Waals surface area contributed by atoms with Crippen LogP contribution in [0.2, 0.25) is 0 Å². The van der Waals surface area contributed by atoms with Crippen molar-refractivity contribution in [2.45, 2.75) is 13.1 Å². The monoisotopic (exact) mass is 262 g/mol. The molecule has 0 saturated heterocycles. The summed E-state index contributed by atoms with van der Waals surface area (Å²) in [6, 6.07) is 23.2. The van der Waals surface area contributed by atoms with Gasteiger partial charge in [-0.1, -0.05) is 54.6 Å². The average molecular weight is 262 g/mol. The topological polar surface area (TPSA) is 38.0 Å². The molecule has 0 aliphatic heterocycles. The van der Waals surface area contributed by atoms with E-state index in [9.17, 15) is 0 Å². The van der Waals surface area contributed by atoms with Gasteiger partial charge in [-0.3, -0.25) is 0 Å². The Labute approximate surface area is 119 Å². The van der Waals surface area contributed by atoms with Gasteiger partial charge in [-0.05, 0) is 34.0 Å². The Kier molecular flexibility index (Phi) is 3.66. The summed E-state index contributed by atoms with van der Waals surface area (Å²) in [5.41, 5.74) is 9.23. The van der Waals surface area contributed by atoms with Crippen LogP contribution in [0.3, 0.4) is 0 Å². The molecule has 3 N–H and O–H groups in total. The highest BCUT2D eigenvalue weighted by Crippen LogP contribution is 2.19. The predicted molar refractivity (Wildman–Crippen MR) is 85.6 cm³/mol. The van der Waals surface area contributed by atoms with Crippen LogP contribution < -0.4 is 11.1 Å². The number of hydrogen-bond donors (Lipinski definition) is 2. The number of nitrogens with two attached hydrogens (primary N) is 1. The molecule has 0 fully saturated rings. The second-order valence-corrected chi connectivity index (χ2v) is 4.94. The molecule has 3 aromatic carbocycles. The SMILES string of the molecule is NCc1cccc(CNc2ccc3ccccc3c2)c1. The summed E-state index contributed by atoms with van der Waals surface area (Å²) in [4.78, 5) is 0. The molecule has 0 aromatic heterocycles. The summed E-state index contributed by atoms with van der Waals surface area (Å²) >= 11 is 0. The van der Waals surface area contributed by atoms with E-state index in [-0.39, 0.29) is 0 Å². The maximum absolute atomic E-state index is 5.67. The number of hydrogen-bond acceptors (Lipinski definition) is 2. The van der Waals surface area contributed by atoms with E-state index in [4.69, 9.17) is 5.73 Å². The molecule has 0 bridgehead atoms. The lowest BCUT2D eigenvalue weighted by atomic mass is 10.1. The summed E-state index contributed by atoms with van der Waals surface area (Å²) in [5.74, 6) is 0. The van der Waals surface area contributed by atoms with Crippen molar-refractivity contribution >= 4 is 16.5 Å². The third-order valence-electron chi connectivity index (χ3n) is 3.47. The summed E-state index contributed by atoms with van der Waals surface area (Å²) in [5, 5.41) is 5.99. The molecular formula is C18H18N2. The average Bonchev–Trinajstić information content (AvgIpc) is 2.53. The molecule has 100 valence electrons. The van der Waals surface area contributed by atoms with E-state index in [2.05, 4.69) is 72.0 Å². The van der Waals surface area contributed by atoms with Gasteiger partial charge in [-0.25, -0.2) is 0 Å². The molecule has 0 radical (unpaired) electrons. The first-order chi connectivity index (χ1) is 9.85. The summed E-state index contributed by atoms with van der Waals surface area (Å²) in [6.45, 7) is 1.40. The van der Waals surface area contributed by atoms with Crippen molar-refractivity contribution in [3.8, 4) is 0 Å². The van der Waals surface area contributed by atoms with Gasteiger partial charge >= 0.3 is 0 Å². The highest BCUT2D eigenvalue weighted by atomic mass is 14.9. The molecule has 3 rings (SSSR count). The zero-order valence-electron chi connectivity index (χ0n) is 11.3. The molecule has 3 aromatic rings. The van der Waals surface area contributed by atoms with Gasteiger partial charge in [0, 0.05) is 18.8 Å². The first-order valence-electron chi connectivity index (χ1n) is 6.86. The third-order valence-corrected chi connectivity index (χ3v) is 3.47. The summed E-state index contributed by atoms with van der Waals surface area (Å²) in [7, 11) is 0. The standard InChI is InChI=1S/C18H18N2/c19-12-14-4-3-5-15(10-14)13-20-18-9-8-16-6-1-2-7-17(16)11-18/h1-11,20H,12-13,19H2. The van der Waals surface area contributed by atoms with Gasteiger partial charge in [0.1, 0.15) is 0 Å². The smallest absolute Gasteiger partial charge is 0.0400 e. The zero-order chi connectivity index (χ0) is 13.8. The highest BCUT2D eigenvalue weighted by Gasteiger charge is 1.98. The normalized spacial score (nSPS) is 10.7. The fourth-order valence-electron chi connectivity index (χ4n) is 2.37. The fourth-order valence-corrected chi connectivity index (χ4v) is 2.37. The molecule has 0 aliphatic carbocycles. The number of benzene rings is 3. The number of rotatable bonds is 4. The highest BCUT2D eigenvalue weighted by molar-refractivity contribution is 5.85. The van der Waals surface area contributed by atoms with Crippen LogP contribution in [0.25, 0.3) is 10.8 Å². The van der Waals surface area contributed by atoms with Crippen molar-refractivity contribution < 1.29 is 0 Å². The minimum Gasteiger partial charge on any atom is -0.381 e. The van der Waals surface area contributed by atoms with Crippen molar-refractivity contribution in [1.29, 1.82) is 0 Å². The molecule has 0 atom stereocenters. The Morgan fingerprint density at radius 3 is 2.40 bits per heavy atom. The molecular weight excluding hydrogens is 244 g/mol. The molecule has 20 heavy (non-hydrogen) atoms. The number of nitrogens with one attached hydrogen (secondary N) is 1. The van der Waals surface area contributed by atoms with Gasteiger partial charge in [0.2, 0.25) is 0 Å². The predicted octanol–water partition coefficient (Wildman–Crippen LogP) is 3.91. The fraction of sp³-hybridized carbons (Fsp3) is 0.111. The molecule has 0 spiro atoms. The lowest BCUT2D eigenvalue weighted by molar-refractivity contribution is 1.05.